The smallest absolute Gasteiger partial charge is 0.488 e. The number of aryl methyl sites for hydroxylation is 2. The highest BCUT2D eigenvalue weighted by atomic mass is 19.4. The predicted molar refractivity (Wildman–Crippen MR) is 427 cm³/mol. The second kappa shape index (κ2) is 42.8. The van der Waals surface area contributed by atoms with Crippen molar-refractivity contribution in [3.63, 3.8) is 0 Å². The lowest BCUT2D eigenvalue weighted by Gasteiger charge is -2.39. The van der Waals surface area contributed by atoms with E-state index in [0.717, 1.165) is 57.5 Å². The average Bonchev–Trinajstić information content (AvgIpc) is 0.710. The van der Waals surface area contributed by atoms with Crippen molar-refractivity contribution in [2.45, 2.75) is 275 Å². The van der Waals surface area contributed by atoms with Gasteiger partial charge >= 0.3 is 71.8 Å². The van der Waals surface area contributed by atoms with Crippen molar-refractivity contribution in [3.8, 4) is 28.7 Å². The van der Waals surface area contributed by atoms with Crippen molar-refractivity contribution in [1.82, 2.24) is 0 Å². The molecule has 6 aromatic rings. The average molecular weight is 1700 g/mol. The number of ether oxygens (including phenoxy) is 10. The number of benzene rings is 6. The molecule has 0 spiro atoms. The van der Waals surface area contributed by atoms with Crippen LogP contribution in [-0.2, 0) is 63.9 Å². The van der Waals surface area contributed by atoms with Crippen LogP contribution in [0, 0.1) is 31.1 Å². The van der Waals surface area contributed by atoms with E-state index in [4.69, 9.17) is 42.6 Å². The molecule has 0 bridgehead atoms. The molecule has 0 fully saturated rings. The van der Waals surface area contributed by atoms with Gasteiger partial charge in [-0.15, -0.1) is 0 Å². The van der Waals surface area contributed by atoms with Crippen molar-refractivity contribution >= 4 is 36.0 Å². The molecule has 0 saturated carbocycles. The Morgan fingerprint density at radius 1 is 0.387 bits per heavy atom. The Labute approximate surface area is 691 Å². The van der Waals surface area contributed by atoms with E-state index in [1.54, 1.807) is 30.3 Å². The van der Waals surface area contributed by atoms with Gasteiger partial charge in [0.15, 0.2) is 13.6 Å². The SMILES string of the molecule is CC(=O)Oc1ccc(C(C)(c2ccccc2)c2ccc(OC(=O)Oc3ccc(C(C)(C)c4ccc(OC(C)=O)c(C)c4)cc3C)cc2)cc1.CC(C)(C)Oc1ccc(C(C)(C)C)cc1.CCC(C)(C)C(=O)OCOC(C)(C)C.CCC(C)C(=O)OCCC(F)(F)C(F)(F)C(F)(F)C(F)(F)C(F)(F)C(F)(F)F.CCC(C)C(=O)OCOC(C)(C)C. The number of carbonyl (C=O) groups excluding carboxylic acids is 6. The quantitative estimate of drug-likeness (QED) is 0.00898. The number of hydrogen-bond donors (Lipinski definition) is 0. The molecule has 0 aliphatic rings. The van der Waals surface area contributed by atoms with Crippen molar-refractivity contribution in [3.05, 3.63) is 184 Å². The van der Waals surface area contributed by atoms with Crippen LogP contribution < -0.4 is 23.7 Å². The third-order valence-corrected chi connectivity index (χ3v) is 18.6. The predicted octanol–water partition coefficient (Wildman–Crippen LogP) is 24.4. The first-order valence-corrected chi connectivity index (χ1v) is 38.4. The number of hydrogen-bond acceptors (Lipinski definition) is 16. The van der Waals surface area contributed by atoms with Crippen LogP contribution in [-0.4, -0.2) is 109 Å². The molecule has 6 aromatic carbocycles. The minimum Gasteiger partial charge on any atom is -0.488 e. The van der Waals surface area contributed by atoms with E-state index < -0.39 is 77.7 Å². The third kappa shape index (κ3) is 31.4. The van der Waals surface area contributed by atoms with E-state index in [-0.39, 0.29) is 77.4 Å². The molecule has 0 aliphatic carbocycles. The Morgan fingerprint density at radius 3 is 1.13 bits per heavy atom. The molecule has 3 unspecified atom stereocenters. The van der Waals surface area contributed by atoms with E-state index in [1.165, 1.54) is 33.3 Å². The van der Waals surface area contributed by atoms with Crippen LogP contribution in [0.3, 0.4) is 0 Å². The summed E-state index contributed by atoms with van der Waals surface area (Å²) in [6, 6.07) is 44.8. The zero-order chi connectivity index (χ0) is 91.9. The molecule has 664 valence electrons. The third-order valence-electron chi connectivity index (χ3n) is 18.6. The zero-order valence-corrected chi connectivity index (χ0v) is 72.8. The summed E-state index contributed by atoms with van der Waals surface area (Å²) >= 11 is 0. The van der Waals surface area contributed by atoms with Crippen LogP contribution in [0.25, 0.3) is 0 Å². The Balaban J connectivity index is 0.000000574. The van der Waals surface area contributed by atoms with Gasteiger partial charge in [-0.2, -0.15) is 57.1 Å². The lowest BCUT2D eigenvalue weighted by molar-refractivity contribution is -0.440. The standard InChI is InChI=1S/C42H40O7.C14H22O.C13H13F13O2.C11H22O3.C10H20O3/c1-27-25-34(17-23-38(27)47-30(4)44)41(5,6)35-18-24-39(28(2)26-35)49-40(45)48-37-21-15-33(16-22-37)42(7,31-11-9-8-10-12-31)32-13-19-36(20-14-32)46-29(3)43;1-13(2,3)11-7-9-12(10-8-11)15-14(4,5)6;1-3-6(2)7(27)28-5-4-8(14,15)9(16,17)10(18,19)11(20,21)12(22,23)13(24,25)26;1-7-11(5,6)9(12)13-8-14-10(2,3)4;1-6-8(2)9(11)12-7-13-10(3,4)5/h8-26H,1-7H3;7-10H,1-6H3;6H,3-5H2,1-2H3;7-8H2,1-6H3;8H,6-7H2,1-5H3. The zero-order valence-electron chi connectivity index (χ0n) is 72.8. The number of rotatable bonds is 27. The van der Waals surface area contributed by atoms with Gasteiger partial charge < -0.3 is 47.4 Å². The highest BCUT2D eigenvalue weighted by Gasteiger charge is 2.90. The molecule has 0 aromatic heterocycles. The lowest BCUT2D eigenvalue weighted by atomic mass is 9.71. The fraction of sp³-hybridized carbons (Fsp3) is 0.533. The van der Waals surface area contributed by atoms with E-state index in [2.05, 4.69) is 91.3 Å². The molecule has 0 radical (unpaired) electrons. The van der Waals surface area contributed by atoms with Gasteiger partial charge in [0.05, 0.1) is 41.5 Å². The number of alkyl halides is 13. The van der Waals surface area contributed by atoms with Gasteiger partial charge in [0, 0.05) is 24.7 Å². The first-order chi connectivity index (χ1) is 54.1. The van der Waals surface area contributed by atoms with Crippen LogP contribution in [0.2, 0.25) is 0 Å². The van der Waals surface area contributed by atoms with Crippen LogP contribution in [0.15, 0.2) is 140 Å². The maximum atomic E-state index is 13.4. The van der Waals surface area contributed by atoms with Crippen LogP contribution in [0.5, 0.6) is 28.7 Å². The maximum absolute atomic E-state index is 13.4. The summed E-state index contributed by atoms with van der Waals surface area (Å²) in [4.78, 5) is 69.5. The maximum Gasteiger partial charge on any atom is 0.519 e. The Bertz CT molecular complexity index is 4230. The van der Waals surface area contributed by atoms with Gasteiger partial charge in [-0.1, -0.05) is 160 Å². The highest BCUT2D eigenvalue weighted by Crippen LogP contribution is 2.61. The molecule has 6 rings (SSSR count). The molecule has 29 heteroatoms. The molecule has 0 aliphatic heterocycles. The van der Waals surface area contributed by atoms with Crippen molar-refractivity contribution in [1.29, 1.82) is 0 Å². The molecule has 16 nitrogen and oxygen atoms in total. The van der Waals surface area contributed by atoms with Crippen LogP contribution >= 0.6 is 0 Å². The number of esters is 5. The normalized spacial score (nSPS) is 13.5. The topological polar surface area (TPSA) is 195 Å². The summed E-state index contributed by atoms with van der Waals surface area (Å²) in [7, 11) is 0. The van der Waals surface area contributed by atoms with E-state index in [9.17, 15) is 85.8 Å². The van der Waals surface area contributed by atoms with Gasteiger partial charge in [-0.3, -0.25) is 24.0 Å². The van der Waals surface area contributed by atoms with Gasteiger partial charge in [0.2, 0.25) is 0 Å². The van der Waals surface area contributed by atoms with E-state index in [0.29, 0.717) is 23.0 Å². The molecule has 119 heavy (non-hydrogen) atoms. The molecule has 0 N–H and O–H groups in total. The second-order valence-electron chi connectivity index (χ2n) is 33.7. The summed E-state index contributed by atoms with van der Waals surface area (Å²) < 4.78 is 219. The largest absolute Gasteiger partial charge is 0.519 e. The molecular weight excluding hydrogens is 1580 g/mol. The minimum absolute atomic E-state index is 0.0335. The van der Waals surface area contributed by atoms with E-state index in [1.807, 2.05) is 175 Å². The number of carbonyl (C=O) groups is 6. The molecule has 0 amide bonds. The summed E-state index contributed by atoms with van der Waals surface area (Å²) in [5, 5.41) is 0. The number of halogens is 13. The Kier molecular flexibility index (Phi) is 38.1. The first-order valence-electron chi connectivity index (χ1n) is 38.4. The fourth-order valence-corrected chi connectivity index (χ4v) is 10.1. The fourth-order valence-electron chi connectivity index (χ4n) is 10.1. The van der Waals surface area contributed by atoms with Crippen molar-refractivity contribution < 1.29 is 133 Å². The first kappa shape index (κ1) is 106. The molecular formula is C90H117F13O16. The molecule has 3 atom stereocenters. The van der Waals surface area contributed by atoms with Gasteiger partial charge in [-0.05, 0) is 215 Å². The Morgan fingerprint density at radius 2 is 0.756 bits per heavy atom. The summed E-state index contributed by atoms with van der Waals surface area (Å²) in [5.74, 6) is -37.8. The van der Waals surface area contributed by atoms with E-state index >= 15 is 0 Å². The highest BCUT2D eigenvalue weighted by molar-refractivity contribution is 5.76. The summed E-state index contributed by atoms with van der Waals surface area (Å²) in [6.45, 7) is 47.7. The van der Waals surface area contributed by atoms with Crippen LogP contribution in [0.4, 0.5) is 61.9 Å². The summed E-state index contributed by atoms with van der Waals surface area (Å²) in [5.41, 5.74) is 6.35. The van der Waals surface area contributed by atoms with Gasteiger partial charge in [0.1, 0.15) is 34.3 Å². The lowest BCUT2D eigenvalue weighted by Crippen LogP contribution is -2.70. The van der Waals surface area contributed by atoms with Gasteiger partial charge in [-0.25, -0.2) is 4.79 Å². The molecule has 0 heterocycles. The monoisotopic (exact) mass is 1700 g/mol. The van der Waals surface area contributed by atoms with Gasteiger partial charge in [0.25, 0.3) is 0 Å². The van der Waals surface area contributed by atoms with Crippen molar-refractivity contribution in [2.75, 3.05) is 20.2 Å². The Hall–Kier alpha value is -9.25. The summed E-state index contributed by atoms with van der Waals surface area (Å²) in [6.07, 6.45) is -9.19. The van der Waals surface area contributed by atoms with Crippen molar-refractivity contribution in [2.24, 2.45) is 17.3 Å². The molecule has 0 saturated heterocycles. The van der Waals surface area contributed by atoms with Crippen LogP contribution in [0.1, 0.15) is 236 Å². The second-order valence-corrected chi connectivity index (χ2v) is 33.7. The minimum atomic E-state index is -7.93.